The quantitative estimate of drug-likeness (QED) is 0.676. The van der Waals surface area contributed by atoms with E-state index in [4.69, 9.17) is 10.9 Å². The maximum atomic E-state index is 11.4. The predicted octanol–water partition coefficient (Wildman–Crippen LogP) is 0.267. The van der Waals surface area contributed by atoms with Gasteiger partial charge in [0.15, 0.2) is 0 Å². The Labute approximate surface area is 113 Å². The van der Waals surface area contributed by atoms with Crippen molar-refractivity contribution in [1.82, 2.24) is 0 Å². The van der Waals surface area contributed by atoms with Crippen LogP contribution >= 0.6 is 0 Å². The van der Waals surface area contributed by atoms with E-state index in [-0.39, 0.29) is 4.90 Å². The average molecular weight is 285 g/mol. The molecule has 7 heteroatoms. The Morgan fingerprint density at radius 1 is 1.32 bits per heavy atom. The van der Waals surface area contributed by atoms with Crippen molar-refractivity contribution >= 4 is 21.4 Å². The molecular weight excluding hydrogens is 266 g/mol. The van der Waals surface area contributed by atoms with Gasteiger partial charge in [0.25, 0.3) is 0 Å². The summed E-state index contributed by atoms with van der Waals surface area (Å²) in [6, 6.07) is 4.43. The Hall–Kier alpha value is -1.31. The van der Waals surface area contributed by atoms with Crippen molar-refractivity contribution in [1.29, 1.82) is 0 Å². The van der Waals surface area contributed by atoms with E-state index in [2.05, 4.69) is 0 Å². The Morgan fingerprint density at radius 2 is 1.89 bits per heavy atom. The van der Waals surface area contributed by atoms with Crippen molar-refractivity contribution in [2.45, 2.75) is 30.3 Å². The summed E-state index contributed by atoms with van der Waals surface area (Å²) < 4.78 is 22.7. The molecule has 19 heavy (non-hydrogen) atoms. The summed E-state index contributed by atoms with van der Waals surface area (Å²) in [6.07, 6.45) is 1.23. The lowest BCUT2D eigenvalue weighted by molar-refractivity contribution is 0.0351. The standard InChI is InChI=1S/C12H19N3O3S/c1-12(16)4-6-15(7-5-12)11-8-9(19(14,17)18)2-3-10(11)13/h2-3,8,16H,4-7,13H2,1H3,(H2,14,17,18). The molecule has 1 heterocycles. The molecule has 2 rings (SSSR count). The maximum Gasteiger partial charge on any atom is 0.238 e. The van der Waals surface area contributed by atoms with Crippen LogP contribution < -0.4 is 15.8 Å². The minimum atomic E-state index is -3.74. The van der Waals surface area contributed by atoms with E-state index >= 15 is 0 Å². The van der Waals surface area contributed by atoms with Gasteiger partial charge in [-0.3, -0.25) is 0 Å². The fraction of sp³-hybridized carbons (Fsp3) is 0.500. The van der Waals surface area contributed by atoms with E-state index in [1.165, 1.54) is 12.1 Å². The molecule has 0 atom stereocenters. The van der Waals surface area contributed by atoms with Crippen LogP contribution in [0.25, 0.3) is 0 Å². The Morgan fingerprint density at radius 3 is 2.42 bits per heavy atom. The van der Waals surface area contributed by atoms with Crippen LogP contribution in [0.1, 0.15) is 19.8 Å². The highest BCUT2D eigenvalue weighted by molar-refractivity contribution is 7.89. The number of primary sulfonamides is 1. The summed E-state index contributed by atoms with van der Waals surface area (Å²) >= 11 is 0. The number of piperidine rings is 1. The third kappa shape index (κ3) is 3.17. The zero-order valence-corrected chi connectivity index (χ0v) is 11.7. The van der Waals surface area contributed by atoms with Gasteiger partial charge in [-0.25, -0.2) is 13.6 Å². The molecule has 0 radical (unpaired) electrons. The lowest BCUT2D eigenvalue weighted by atomic mass is 9.93. The summed E-state index contributed by atoms with van der Waals surface area (Å²) in [5.41, 5.74) is 6.39. The van der Waals surface area contributed by atoms with Crippen molar-refractivity contribution in [3.63, 3.8) is 0 Å². The van der Waals surface area contributed by atoms with E-state index in [9.17, 15) is 13.5 Å². The molecule has 1 aliphatic rings. The molecule has 0 aliphatic carbocycles. The van der Waals surface area contributed by atoms with Crippen molar-refractivity contribution in [2.24, 2.45) is 5.14 Å². The van der Waals surface area contributed by atoms with Crippen LogP contribution in [0.5, 0.6) is 0 Å². The van der Waals surface area contributed by atoms with Crippen molar-refractivity contribution in [2.75, 3.05) is 23.7 Å². The highest BCUT2D eigenvalue weighted by Crippen LogP contribution is 2.31. The van der Waals surface area contributed by atoms with E-state index in [1.54, 1.807) is 13.0 Å². The Bertz CT molecular complexity index is 574. The van der Waals surface area contributed by atoms with E-state index in [1.807, 2.05) is 4.90 Å². The summed E-state index contributed by atoms with van der Waals surface area (Å²) in [7, 11) is -3.74. The van der Waals surface area contributed by atoms with Gasteiger partial charge in [-0.2, -0.15) is 0 Å². The van der Waals surface area contributed by atoms with Gasteiger partial charge in [-0.15, -0.1) is 0 Å². The van der Waals surface area contributed by atoms with Crippen LogP contribution in [0.15, 0.2) is 23.1 Å². The van der Waals surface area contributed by atoms with Gasteiger partial charge in [-0.05, 0) is 38.0 Å². The first-order valence-corrected chi connectivity index (χ1v) is 7.63. The van der Waals surface area contributed by atoms with Gasteiger partial charge in [-0.1, -0.05) is 0 Å². The number of sulfonamides is 1. The predicted molar refractivity (Wildman–Crippen MR) is 74.3 cm³/mol. The van der Waals surface area contributed by atoms with Crippen molar-refractivity contribution < 1.29 is 13.5 Å². The highest BCUT2D eigenvalue weighted by atomic mass is 32.2. The normalized spacial score (nSPS) is 19.4. The number of benzene rings is 1. The lowest BCUT2D eigenvalue weighted by Crippen LogP contribution is -2.42. The first kappa shape index (κ1) is 14.1. The maximum absolute atomic E-state index is 11.4. The lowest BCUT2D eigenvalue weighted by Gasteiger charge is -2.37. The minimum absolute atomic E-state index is 0.0500. The third-order valence-electron chi connectivity index (χ3n) is 3.51. The van der Waals surface area contributed by atoms with E-state index in [0.717, 1.165) is 0 Å². The molecule has 0 aromatic heterocycles. The first-order valence-electron chi connectivity index (χ1n) is 6.09. The molecule has 0 amide bonds. The number of anilines is 2. The summed E-state index contributed by atoms with van der Waals surface area (Å²) in [5, 5.41) is 15.0. The van der Waals surface area contributed by atoms with Gasteiger partial charge in [0.1, 0.15) is 0 Å². The van der Waals surface area contributed by atoms with Crippen LogP contribution in [0.4, 0.5) is 11.4 Å². The van der Waals surface area contributed by atoms with E-state index in [0.29, 0.717) is 37.3 Å². The fourth-order valence-electron chi connectivity index (χ4n) is 2.20. The van der Waals surface area contributed by atoms with Crippen molar-refractivity contribution in [3.05, 3.63) is 18.2 Å². The largest absolute Gasteiger partial charge is 0.397 e. The van der Waals surface area contributed by atoms with Crippen molar-refractivity contribution in [3.8, 4) is 0 Å². The van der Waals surface area contributed by atoms with Gasteiger partial charge in [0, 0.05) is 13.1 Å². The van der Waals surface area contributed by atoms with Crippen LogP contribution in [-0.4, -0.2) is 32.2 Å². The van der Waals surface area contributed by atoms with Gasteiger partial charge >= 0.3 is 0 Å². The summed E-state index contributed by atoms with van der Waals surface area (Å²) in [6.45, 7) is 3.06. The summed E-state index contributed by atoms with van der Waals surface area (Å²) in [5.74, 6) is 0. The number of hydrogen-bond donors (Lipinski definition) is 3. The van der Waals surface area contributed by atoms with Crippen LogP contribution in [0.3, 0.4) is 0 Å². The number of hydrogen-bond acceptors (Lipinski definition) is 5. The molecule has 106 valence electrons. The first-order chi connectivity index (χ1) is 8.69. The number of nitrogens with two attached hydrogens (primary N) is 2. The number of nitrogen functional groups attached to an aromatic ring is 1. The zero-order valence-electron chi connectivity index (χ0n) is 10.8. The molecule has 1 aromatic rings. The molecule has 1 fully saturated rings. The SMILES string of the molecule is CC1(O)CCN(c2cc(S(N)(=O)=O)ccc2N)CC1. The zero-order chi connectivity index (χ0) is 14.3. The molecule has 5 N–H and O–H groups in total. The van der Waals surface area contributed by atoms with E-state index < -0.39 is 15.6 Å². The molecule has 1 aromatic carbocycles. The van der Waals surface area contributed by atoms with Gasteiger partial charge in [0.05, 0.1) is 21.9 Å². The highest BCUT2D eigenvalue weighted by Gasteiger charge is 2.28. The second-order valence-electron chi connectivity index (χ2n) is 5.25. The molecule has 1 aliphatic heterocycles. The Balaban J connectivity index is 2.30. The Kier molecular flexibility index (Phi) is 3.46. The molecule has 0 saturated carbocycles. The van der Waals surface area contributed by atoms with Crippen LogP contribution in [0, 0.1) is 0 Å². The molecule has 1 saturated heterocycles. The molecule has 0 spiro atoms. The molecule has 6 nitrogen and oxygen atoms in total. The second-order valence-corrected chi connectivity index (χ2v) is 6.81. The van der Waals surface area contributed by atoms with Gasteiger partial charge in [0.2, 0.25) is 10.0 Å². The third-order valence-corrected chi connectivity index (χ3v) is 4.42. The molecular formula is C12H19N3O3S. The topological polar surface area (TPSA) is 110 Å². The smallest absolute Gasteiger partial charge is 0.238 e. The fourth-order valence-corrected chi connectivity index (χ4v) is 2.74. The number of aliphatic hydroxyl groups is 1. The van der Waals surface area contributed by atoms with Crippen LogP contribution in [0.2, 0.25) is 0 Å². The van der Waals surface area contributed by atoms with Crippen LogP contribution in [-0.2, 0) is 10.0 Å². The second kappa shape index (κ2) is 4.66. The minimum Gasteiger partial charge on any atom is -0.397 e. The average Bonchev–Trinajstić information content (AvgIpc) is 2.29. The molecule has 0 bridgehead atoms. The molecule has 0 unspecified atom stereocenters. The summed E-state index contributed by atoms with van der Waals surface area (Å²) in [4.78, 5) is 2.02. The number of rotatable bonds is 2. The number of nitrogens with zero attached hydrogens (tertiary/aromatic N) is 1. The monoisotopic (exact) mass is 285 g/mol. The van der Waals surface area contributed by atoms with Gasteiger partial charge < -0.3 is 15.7 Å².